The molecule has 7 nitrogen and oxygen atoms in total. The Kier molecular flexibility index (Phi) is 4.80. The average molecular weight is 356 g/mol. The summed E-state index contributed by atoms with van der Waals surface area (Å²) in [5.74, 6) is -0.514. The standard InChI is InChI=1S/C17H16N4O3S/c1-10(19-17-20-13-4-2-3-5-15(13)25-17)16(24)21-18-9-11-6-7-12(22)8-14(11)23/h2-10,22-23H,1H3,(H,19,20)(H,21,24)/b18-9+/t10-/m1/s1. The Balaban J connectivity index is 1.59. The first-order chi connectivity index (χ1) is 12.0. The number of benzene rings is 2. The lowest BCUT2D eigenvalue weighted by atomic mass is 10.2. The number of nitrogens with zero attached hydrogens (tertiary/aromatic N) is 2. The number of hydrogen-bond acceptors (Lipinski definition) is 7. The van der Waals surface area contributed by atoms with Gasteiger partial charge in [-0.05, 0) is 31.2 Å². The monoisotopic (exact) mass is 356 g/mol. The van der Waals surface area contributed by atoms with Gasteiger partial charge in [-0.25, -0.2) is 10.4 Å². The van der Waals surface area contributed by atoms with Gasteiger partial charge in [0, 0.05) is 11.6 Å². The van der Waals surface area contributed by atoms with E-state index in [0.29, 0.717) is 10.7 Å². The number of rotatable bonds is 5. The van der Waals surface area contributed by atoms with Crippen LogP contribution in [0.1, 0.15) is 12.5 Å². The lowest BCUT2D eigenvalue weighted by Crippen LogP contribution is -2.34. The normalized spacial score (nSPS) is 12.4. The van der Waals surface area contributed by atoms with Crippen LogP contribution in [0.5, 0.6) is 11.5 Å². The highest BCUT2D eigenvalue weighted by Gasteiger charge is 2.14. The van der Waals surface area contributed by atoms with E-state index in [1.54, 1.807) is 6.92 Å². The molecule has 0 aliphatic heterocycles. The van der Waals surface area contributed by atoms with Crippen LogP contribution in [0.2, 0.25) is 0 Å². The zero-order valence-electron chi connectivity index (χ0n) is 13.3. The molecule has 1 aromatic heterocycles. The highest BCUT2D eigenvalue weighted by atomic mass is 32.1. The van der Waals surface area contributed by atoms with Crippen molar-refractivity contribution in [3.05, 3.63) is 48.0 Å². The fraction of sp³-hybridized carbons (Fsp3) is 0.118. The van der Waals surface area contributed by atoms with Gasteiger partial charge in [0.15, 0.2) is 5.13 Å². The van der Waals surface area contributed by atoms with E-state index in [-0.39, 0.29) is 17.4 Å². The SMILES string of the molecule is C[C@@H](Nc1nc2ccccc2s1)C(=O)N/N=C/c1ccc(O)cc1O. The van der Waals surface area contributed by atoms with Crippen molar-refractivity contribution in [3.8, 4) is 11.5 Å². The van der Waals surface area contributed by atoms with Crippen LogP contribution < -0.4 is 10.7 Å². The van der Waals surface area contributed by atoms with Crippen LogP contribution in [0.4, 0.5) is 5.13 Å². The number of hydrazone groups is 1. The van der Waals surface area contributed by atoms with Crippen LogP contribution >= 0.6 is 11.3 Å². The Morgan fingerprint density at radius 1 is 1.28 bits per heavy atom. The van der Waals surface area contributed by atoms with Crippen molar-refractivity contribution in [2.45, 2.75) is 13.0 Å². The molecule has 25 heavy (non-hydrogen) atoms. The number of phenols is 2. The highest BCUT2D eigenvalue weighted by molar-refractivity contribution is 7.22. The third-order valence-corrected chi connectivity index (χ3v) is 4.39. The summed E-state index contributed by atoms with van der Waals surface area (Å²) in [5.41, 5.74) is 3.66. The Morgan fingerprint density at radius 2 is 2.08 bits per heavy atom. The van der Waals surface area contributed by atoms with Gasteiger partial charge < -0.3 is 15.5 Å². The first kappa shape index (κ1) is 16.7. The summed E-state index contributed by atoms with van der Waals surface area (Å²) in [6.07, 6.45) is 1.30. The van der Waals surface area contributed by atoms with E-state index < -0.39 is 6.04 Å². The first-order valence-electron chi connectivity index (χ1n) is 7.50. The zero-order chi connectivity index (χ0) is 17.8. The molecule has 8 heteroatoms. The topological polar surface area (TPSA) is 107 Å². The second-order valence-corrected chi connectivity index (χ2v) is 6.36. The van der Waals surface area contributed by atoms with Gasteiger partial charge >= 0.3 is 0 Å². The zero-order valence-corrected chi connectivity index (χ0v) is 14.1. The third-order valence-electron chi connectivity index (χ3n) is 3.42. The van der Waals surface area contributed by atoms with Crippen LogP contribution in [-0.4, -0.2) is 33.4 Å². The van der Waals surface area contributed by atoms with Crippen molar-refractivity contribution in [2.24, 2.45) is 5.10 Å². The lowest BCUT2D eigenvalue weighted by Gasteiger charge is -2.10. The number of para-hydroxylation sites is 1. The number of amides is 1. The number of phenolic OH excluding ortho intramolecular Hbond substituents is 2. The third kappa shape index (κ3) is 4.04. The van der Waals surface area contributed by atoms with Crippen molar-refractivity contribution in [1.29, 1.82) is 0 Å². The van der Waals surface area contributed by atoms with Gasteiger partial charge in [0.25, 0.3) is 5.91 Å². The smallest absolute Gasteiger partial charge is 0.262 e. The average Bonchev–Trinajstić information content (AvgIpc) is 2.98. The van der Waals surface area contributed by atoms with Crippen molar-refractivity contribution in [1.82, 2.24) is 10.4 Å². The van der Waals surface area contributed by atoms with E-state index in [2.05, 4.69) is 20.8 Å². The van der Waals surface area contributed by atoms with Gasteiger partial charge in [-0.2, -0.15) is 5.10 Å². The van der Waals surface area contributed by atoms with Gasteiger partial charge in [0.05, 0.1) is 16.4 Å². The molecule has 1 heterocycles. The maximum absolute atomic E-state index is 12.1. The van der Waals surface area contributed by atoms with Gasteiger partial charge in [-0.3, -0.25) is 4.79 Å². The van der Waals surface area contributed by atoms with Crippen molar-refractivity contribution >= 4 is 38.8 Å². The molecule has 0 radical (unpaired) electrons. The van der Waals surface area contributed by atoms with E-state index >= 15 is 0 Å². The minimum Gasteiger partial charge on any atom is -0.508 e. The quantitative estimate of drug-likeness (QED) is 0.415. The molecular weight excluding hydrogens is 340 g/mol. The molecule has 3 aromatic rings. The van der Waals surface area contributed by atoms with Crippen LogP contribution in [-0.2, 0) is 4.79 Å². The number of anilines is 1. The number of hydrogen-bond donors (Lipinski definition) is 4. The van der Waals surface area contributed by atoms with E-state index in [0.717, 1.165) is 10.2 Å². The number of fused-ring (bicyclic) bond motifs is 1. The Bertz CT molecular complexity index is 906. The first-order valence-corrected chi connectivity index (χ1v) is 8.31. The van der Waals surface area contributed by atoms with Crippen LogP contribution in [0, 0.1) is 0 Å². The highest BCUT2D eigenvalue weighted by Crippen LogP contribution is 2.25. The fourth-order valence-corrected chi connectivity index (χ4v) is 3.04. The number of aromatic nitrogens is 1. The summed E-state index contributed by atoms with van der Waals surface area (Å²) >= 11 is 1.47. The molecule has 0 fully saturated rings. The number of carbonyl (C=O) groups is 1. The van der Waals surface area contributed by atoms with Crippen molar-refractivity contribution < 1.29 is 15.0 Å². The maximum Gasteiger partial charge on any atom is 0.262 e. The summed E-state index contributed by atoms with van der Waals surface area (Å²) in [5, 5.41) is 26.4. The fourth-order valence-electron chi connectivity index (χ4n) is 2.09. The minimum atomic E-state index is -0.536. The molecule has 0 aliphatic rings. The molecule has 1 atom stereocenters. The molecule has 1 amide bonds. The Morgan fingerprint density at radius 3 is 2.84 bits per heavy atom. The predicted molar refractivity (Wildman–Crippen MR) is 98.2 cm³/mol. The molecule has 3 rings (SSSR count). The molecule has 4 N–H and O–H groups in total. The van der Waals surface area contributed by atoms with E-state index in [1.165, 1.54) is 35.8 Å². The lowest BCUT2D eigenvalue weighted by molar-refractivity contribution is -0.121. The number of nitrogens with one attached hydrogen (secondary N) is 2. The summed E-state index contributed by atoms with van der Waals surface area (Å²) in [6.45, 7) is 1.70. The van der Waals surface area contributed by atoms with Crippen LogP contribution in [0.3, 0.4) is 0 Å². The van der Waals surface area contributed by atoms with Crippen LogP contribution in [0.15, 0.2) is 47.6 Å². The second-order valence-electron chi connectivity index (χ2n) is 5.33. The summed E-state index contributed by atoms with van der Waals surface area (Å²) < 4.78 is 1.04. The van der Waals surface area contributed by atoms with Gasteiger partial charge in [0.2, 0.25) is 0 Å². The van der Waals surface area contributed by atoms with Crippen molar-refractivity contribution in [2.75, 3.05) is 5.32 Å². The molecule has 0 bridgehead atoms. The molecule has 0 spiro atoms. The van der Waals surface area contributed by atoms with Gasteiger partial charge in [0.1, 0.15) is 17.5 Å². The summed E-state index contributed by atoms with van der Waals surface area (Å²) in [4.78, 5) is 16.5. The van der Waals surface area contributed by atoms with E-state index in [1.807, 2.05) is 24.3 Å². The van der Waals surface area contributed by atoms with E-state index in [9.17, 15) is 15.0 Å². The van der Waals surface area contributed by atoms with Crippen molar-refractivity contribution in [3.63, 3.8) is 0 Å². The molecular formula is C17H16N4O3S. The molecule has 0 aliphatic carbocycles. The number of thiazole rings is 1. The summed E-state index contributed by atoms with van der Waals surface area (Å²) in [6, 6.07) is 11.3. The Labute approximate surface area is 147 Å². The van der Waals surface area contributed by atoms with Gasteiger partial charge in [-0.1, -0.05) is 23.5 Å². The van der Waals surface area contributed by atoms with Gasteiger partial charge in [-0.15, -0.1) is 0 Å². The van der Waals surface area contributed by atoms with E-state index in [4.69, 9.17) is 0 Å². The molecule has 0 saturated heterocycles. The molecule has 2 aromatic carbocycles. The number of carbonyl (C=O) groups excluding carboxylic acids is 1. The molecule has 0 saturated carbocycles. The minimum absolute atomic E-state index is 0.0488. The maximum atomic E-state index is 12.1. The second kappa shape index (κ2) is 7.18. The largest absolute Gasteiger partial charge is 0.508 e. The number of aromatic hydroxyl groups is 2. The summed E-state index contributed by atoms with van der Waals surface area (Å²) in [7, 11) is 0. The Hall–Kier alpha value is -3.13. The predicted octanol–water partition coefficient (Wildman–Crippen LogP) is 2.66. The molecule has 128 valence electrons. The molecule has 0 unspecified atom stereocenters. The van der Waals surface area contributed by atoms with Crippen LogP contribution in [0.25, 0.3) is 10.2 Å².